The van der Waals surface area contributed by atoms with Gasteiger partial charge in [0.1, 0.15) is 0 Å². The van der Waals surface area contributed by atoms with E-state index in [1.54, 1.807) is 12.1 Å². The zero-order valence-electron chi connectivity index (χ0n) is 10.5. The van der Waals surface area contributed by atoms with Crippen LogP contribution in [0.1, 0.15) is 24.1 Å². The van der Waals surface area contributed by atoms with Crippen molar-refractivity contribution in [3.05, 3.63) is 64.4 Å². The van der Waals surface area contributed by atoms with E-state index < -0.39 is 5.82 Å². The van der Waals surface area contributed by atoms with Crippen molar-refractivity contribution in [1.29, 1.82) is 0 Å². The number of phenols is 1. The van der Waals surface area contributed by atoms with Gasteiger partial charge in [0.05, 0.1) is 0 Å². The van der Waals surface area contributed by atoms with Gasteiger partial charge in [-0.1, -0.05) is 41.9 Å². The van der Waals surface area contributed by atoms with Gasteiger partial charge < -0.3 is 10.4 Å². The molecule has 0 aliphatic rings. The Morgan fingerprint density at radius 1 is 1.21 bits per heavy atom. The molecule has 2 N–H and O–H groups in total. The van der Waals surface area contributed by atoms with Crippen LogP contribution in [0.3, 0.4) is 0 Å². The van der Waals surface area contributed by atoms with Crippen LogP contribution in [-0.4, -0.2) is 5.11 Å². The summed E-state index contributed by atoms with van der Waals surface area (Å²) in [5.41, 5.74) is 1.50. The van der Waals surface area contributed by atoms with E-state index in [0.29, 0.717) is 17.1 Å². The number of phenolic OH excluding ortho intramolecular Hbond substituents is 1. The fourth-order valence-electron chi connectivity index (χ4n) is 1.90. The largest absolute Gasteiger partial charge is 0.505 e. The first-order valence-corrected chi connectivity index (χ1v) is 6.41. The predicted octanol–water partition coefficient (Wildman–Crippen LogP) is 4.04. The molecule has 100 valence electrons. The maximum Gasteiger partial charge on any atom is 0.165 e. The van der Waals surface area contributed by atoms with Crippen molar-refractivity contribution in [2.45, 2.75) is 19.5 Å². The van der Waals surface area contributed by atoms with Crippen LogP contribution in [0, 0.1) is 5.82 Å². The average molecular weight is 280 g/mol. The molecule has 0 fully saturated rings. The summed E-state index contributed by atoms with van der Waals surface area (Å²) in [5.74, 6) is -0.911. The lowest BCUT2D eigenvalue weighted by Gasteiger charge is -2.16. The Kier molecular flexibility index (Phi) is 4.40. The summed E-state index contributed by atoms with van der Waals surface area (Å²) in [4.78, 5) is 0. The molecule has 0 heterocycles. The maximum atomic E-state index is 13.2. The first-order valence-electron chi connectivity index (χ1n) is 6.03. The molecule has 0 saturated heterocycles. The summed E-state index contributed by atoms with van der Waals surface area (Å²) in [6, 6.07) is 12.1. The van der Waals surface area contributed by atoms with Gasteiger partial charge in [-0.3, -0.25) is 0 Å². The van der Waals surface area contributed by atoms with Gasteiger partial charge in [0.2, 0.25) is 0 Å². The van der Waals surface area contributed by atoms with Crippen molar-refractivity contribution < 1.29 is 9.50 Å². The van der Waals surface area contributed by atoms with Crippen LogP contribution in [0.5, 0.6) is 5.75 Å². The van der Waals surface area contributed by atoms with Crippen LogP contribution in [0.25, 0.3) is 0 Å². The summed E-state index contributed by atoms with van der Waals surface area (Å²) in [5, 5.41) is 13.5. The Morgan fingerprint density at radius 3 is 2.68 bits per heavy atom. The van der Waals surface area contributed by atoms with Gasteiger partial charge in [-0.2, -0.15) is 0 Å². The van der Waals surface area contributed by atoms with E-state index in [0.717, 1.165) is 5.56 Å². The molecule has 2 rings (SSSR count). The first-order chi connectivity index (χ1) is 9.09. The SMILES string of the molecule is C[C@@H](NCc1cccc(F)c1O)c1ccccc1Cl. The van der Waals surface area contributed by atoms with Crippen molar-refractivity contribution in [2.75, 3.05) is 0 Å². The molecule has 0 radical (unpaired) electrons. The minimum Gasteiger partial charge on any atom is -0.505 e. The number of nitrogens with one attached hydrogen (secondary N) is 1. The van der Waals surface area contributed by atoms with Crippen LogP contribution in [0.4, 0.5) is 4.39 Å². The molecule has 0 amide bonds. The van der Waals surface area contributed by atoms with Crippen molar-refractivity contribution in [3.63, 3.8) is 0 Å². The molecule has 2 aromatic carbocycles. The van der Waals surface area contributed by atoms with E-state index in [4.69, 9.17) is 11.6 Å². The third kappa shape index (κ3) is 3.25. The van der Waals surface area contributed by atoms with E-state index in [9.17, 15) is 9.50 Å². The smallest absolute Gasteiger partial charge is 0.165 e. The molecule has 0 aliphatic carbocycles. The minimum atomic E-state index is -0.607. The lowest BCUT2D eigenvalue weighted by molar-refractivity contribution is 0.421. The molecule has 0 saturated carbocycles. The van der Waals surface area contributed by atoms with Gasteiger partial charge in [-0.05, 0) is 24.6 Å². The number of rotatable bonds is 4. The number of hydrogen-bond donors (Lipinski definition) is 2. The monoisotopic (exact) mass is 279 g/mol. The minimum absolute atomic E-state index is 0.0105. The summed E-state index contributed by atoms with van der Waals surface area (Å²) in [7, 11) is 0. The summed E-state index contributed by atoms with van der Waals surface area (Å²) < 4.78 is 13.2. The van der Waals surface area contributed by atoms with E-state index in [2.05, 4.69) is 5.32 Å². The zero-order valence-corrected chi connectivity index (χ0v) is 11.3. The third-order valence-corrected chi connectivity index (χ3v) is 3.38. The first kappa shape index (κ1) is 13.8. The Morgan fingerprint density at radius 2 is 1.95 bits per heavy atom. The normalized spacial score (nSPS) is 12.4. The fourth-order valence-corrected chi connectivity index (χ4v) is 2.20. The van der Waals surface area contributed by atoms with Gasteiger partial charge in [-0.15, -0.1) is 0 Å². The van der Waals surface area contributed by atoms with Crippen molar-refractivity contribution >= 4 is 11.6 Å². The number of para-hydroxylation sites is 1. The van der Waals surface area contributed by atoms with E-state index in [1.165, 1.54) is 6.07 Å². The standard InChI is InChI=1S/C15H15ClFNO/c1-10(12-6-2-3-7-13(12)16)18-9-11-5-4-8-14(17)15(11)19/h2-8,10,18-19H,9H2,1H3/t10-/m1/s1. The fraction of sp³-hybridized carbons (Fsp3) is 0.200. The quantitative estimate of drug-likeness (QED) is 0.885. The second-order valence-electron chi connectivity index (χ2n) is 4.37. The Balaban J connectivity index is 2.07. The maximum absolute atomic E-state index is 13.2. The highest BCUT2D eigenvalue weighted by Crippen LogP contribution is 2.24. The van der Waals surface area contributed by atoms with Gasteiger partial charge in [0.25, 0.3) is 0 Å². The highest BCUT2D eigenvalue weighted by atomic mass is 35.5. The van der Waals surface area contributed by atoms with Crippen LogP contribution >= 0.6 is 11.6 Å². The number of aromatic hydroxyl groups is 1. The van der Waals surface area contributed by atoms with Crippen LogP contribution in [0.15, 0.2) is 42.5 Å². The molecular formula is C15H15ClFNO. The highest BCUT2D eigenvalue weighted by Gasteiger charge is 2.11. The average Bonchev–Trinajstić information content (AvgIpc) is 2.40. The molecule has 19 heavy (non-hydrogen) atoms. The molecule has 2 aromatic rings. The van der Waals surface area contributed by atoms with Crippen LogP contribution in [-0.2, 0) is 6.54 Å². The van der Waals surface area contributed by atoms with Gasteiger partial charge >= 0.3 is 0 Å². The second kappa shape index (κ2) is 6.04. The van der Waals surface area contributed by atoms with E-state index in [-0.39, 0.29) is 11.8 Å². The summed E-state index contributed by atoms with van der Waals surface area (Å²) in [6.07, 6.45) is 0. The molecule has 0 aliphatic heterocycles. The van der Waals surface area contributed by atoms with E-state index in [1.807, 2.05) is 31.2 Å². The number of benzene rings is 2. The molecule has 0 unspecified atom stereocenters. The molecule has 0 aromatic heterocycles. The second-order valence-corrected chi connectivity index (χ2v) is 4.78. The summed E-state index contributed by atoms with van der Waals surface area (Å²) >= 11 is 6.11. The van der Waals surface area contributed by atoms with Gasteiger partial charge in [-0.25, -0.2) is 4.39 Å². The Hall–Kier alpha value is -1.58. The van der Waals surface area contributed by atoms with Crippen LogP contribution < -0.4 is 5.32 Å². The number of halogens is 2. The predicted molar refractivity (Wildman–Crippen MR) is 74.8 cm³/mol. The van der Waals surface area contributed by atoms with Crippen molar-refractivity contribution in [3.8, 4) is 5.75 Å². The zero-order chi connectivity index (χ0) is 13.8. The topological polar surface area (TPSA) is 32.3 Å². The molecular weight excluding hydrogens is 265 g/mol. The summed E-state index contributed by atoms with van der Waals surface area (Å²) in [6.45, 7) is 2.34. The Bertz CT molecular complexity index is 574. The Labute approximate surface area is 116 Å². The molecule has 1 atom stereocenters. The molecule has 0 spiro atoms. The van der Waals surface area contributed by atoms with Crippen LogP contribution in [0.2, 0.25) is 5.02 Å². The lowest BCUT2D eigenvalue weighted by atomic mass is 10.1. The molecule has 4 heteroatoms. The molecule has 2 nitrogen and oxygen atoms in total. The van der Waals surface area contributed by atoms with Gasteiger partial charge in [0.15, 0.2) is 11.6 Å². The van der Waals surface area contributed by atoms with E-state index >= 15 is 0 Å². The van der Waals surface area contributed by atoms with Crippen molar-refractivity contribution in [2.24, 2.45) is 0 Å². The number of hydrogen-bond acceptors (Lipinski definition) is 2. The van der Waals surface area contributed by atoms with Crippen molar-refractivity contribution in [1.82, 2.24) is 5.32 Å². The molecule has 0 bridgehead atoms. The lowest BCUT2D eigenvalue weighted by Crippen LogP contribution is -2.18. The highest BCUT2D eigenvalue weighted by molar-refractivity contribution is 6.31. The third-order valence-electron chi connectivity index (χ3n) is 3.04. The van der Waals surface area contributed by atoms with Gasteiger partial charge in [0, 0.05) is 23.2 Å².